The Morgan fingerprint density at radius 3 is 1.04 bits per heavy atom. The first-order chi connectivity index (χ1) is 38.3. The SMILES string of the molecule is CCCCCCCCc1ccc2c(c1)c1cc(C)ccc1n2-c1ccc(C2(c3ccc(-n4c5ccc(CCCCCCCC)cc5c5cc(CCCCCCCC)ccc54)cc3)c3cc(Br)ccc3-c3ccc(Br)cc32)cc1. The normalized spacial score (nSPS) is 12.9. The summed E-state index contributed by atoms with van der Waals surface area (Å²) >= 11 is 7.94. The van der Waals surface area contributed by atoms with Crippen molar-refractivity contribution in [2.45, 2.75) is 168 Å². The number of halogens is 2. The topological polar surface area (TPSA) is 9.86 Å². The second kappa shape index (κ2) is 24.8. The van der Waals surface area contributed by atoms with Crippen molar-refractivity contribution in [2.75, 3.05) is 0 Å². The van der Waals surface area contributed by atoms with Crippen LogP contribution in [-0.4, -0.2) is 9.13 Å². The van der Waals surface area contributed by atoms with Crippen molar-refractivity contribution in [1.82, 2.24) is 9.13 Å². The molecule has 400 valence electrons. The first-order valence-electron chi connectivity index (χ1n) is 30.2. The van der Waals surface area contributed by atoms with E-state index in [4.69, 9.17) is 0 Å². The summed E-state index contributed by atoms with van der Waals surface area (Å²) in [5, 5.41) is 5.42. The first kappa shape index (κ1) is 54.3. The summed E-state index contributed by atoms with van der Waals surface area (Å²) < 4.78 is 7.19. The molecule has 0 unspecified atom stereocenters. The molecule has 0 atom stereocenters. The van der Waals surface area contributed by atoms with Crippen LogP contribution in [0.4, 0.5) is 0 Å². The number of aryl methyl sites for hydroxylation is 4. The van der Waals surface area contributed by atoms with Gasteiger partial charge >= 0.3 is 0 Å². The smallest absolute Gasteiger partial charge is 0.0714 e. The predicted molar refractivity (Wildman–Crippen MR) is 344 cm³/mol. The Balaban J connectivity index is 0.995. The Kier molecular flexibility index (Phi) is 17.2. The van der Waals surface area contributed by atoms with Gasteiger partial charge in [-0.05, 0) is 193 Å². The standard InChI is InChI=1S/C74H80Br2N2/c1-5-8-11-14-17-20-23-53-27-43-71-65(47-53)64-46-52(4)26-42-70(64)77(71)60-36-30-56(31-37-60)74(68-50-58(75)34-40-62(68)63-41-35-59(76)51-69(63)74)57-32-38-61(39-33-57)78-72-44-28-54(24-21-18-15-12-9-6-2)48-66(72)67-49-55(29-45-73(67)78)25-22-19-16-13-10-7-3/h26-51H,5-25H2,1-4H3. The molecule has 0 aliphatic heterocycles. The van der Waals surface area contributed by atoms with E-state index in [0.717, 1.165) is 28.2 Å². The molecule has 2 aromatic heterocycles. The van der Waals surface area contributed by atoms with Crippen molar-refractivity contribution in [1.29, 1.82) is 0 Å². The minimum absolute atomic E-state index is 0.587. The lowest BCUT2D eigenvalue weighted by molar-refractivity contribution is 0.607. The molecular formula is C74H80Br2N2. The third-order valence-electron chi connectivity index (χ3n) is 17.5. The number of benzene rings is 8. The minimum atomic E-state index is -0.587. The zero-order chi connectivity index (χ0) is 53.6. The van der Waals surface area contributed by atoms with E-state index in [1.54, 1.807) is 0 Å². The number of hydrogen-bond acceptors (Lipinski definition) is 0. The molecule has 0 amide bonds. The van der Waals surface area contributed by atoms with Crippen molar-refractivity contribution < 1.29 is 0 Å². The fourth-order valence-corrected chi connectivity index (χ4v) is 14.2. The summed E-state index contributed by atoms with van der Waals surface area (Å²) in [6, 6.07) is 62.0. The molecule has 0 N–H and O–H groups in total. The highest BCUT2D eigenvalue weighted by Crippen LogP contribution is 2.57. The number of rotatable bonds is 25. The number of nitrogens with zero attached hydrogens (tertiary/aromatic N) is 2. The molecule has 0 spiro atoms. The molecular weight excluding hydrogens is 1080 g/mol. The molecule has 2 nitrogen and oxygen atoms in total. The van der Waals surface area contributed by atoms with Crippen LogP contribution in [0.1, 0.15) is 181 Å². The van der Waals surface area contributed by atoms with Crippen molar-refractivity contribution in [2.24, 2.45) is 0 Å². The maximum atomic E-state index is 3.97. The first-order valence-corrected chi connectivity index (χ1v) is 31.8. The van der Waals surface area contributed by atoms with E-state index < -0.39 is 5.41 Å². The zero-order valence-electron chi connectivity index (χ0n) is 47.0. The van der Waals surface area contributed by atoms with Crippen LogP contribution in [0.15, 0.2) is 167 Å². The van der Waals surface area contributed by atoms with Crippen LogP contribution < -0.4 is 0 Å². The number of unbranched alkanes of at least 4 members (excludes halogenated alkanes) is 15. The Bertz CT molecular complexity index is 3560. The molecule has 0 saturated carbocycles. The fourth-order valence-electron chi connectivity index (χ4n) is 13.4. The highest BCUT2D eigenvalue weighted by molar-refractivity contribution is 9.10. The van der Waals surface area contributed by atoms with Gasteiger partial charge in [-0.15, -0.1) is 0 Å². The molecule has 11 rings (SSSR count). The minimum Gasteiger partial charge on any atom is -0.309 e. The molecule has 78 heavy (non-hydrogen) atoms. The van der Waals surface area contributed by atoms with Crippen LogP contribution in [0.2, 0.25) is 0 Å². The number of hydrogen-bond donors (Lipinski definition) is 0. The molecule has 8 aromatic carbocycles. The Morgan fingerprint density at radius 1 is 0.333 bits per heavy atom. The van der Waals surface area contributed by atoms with E-state index in [9.17, 15) is 0 Å². The monoisotopic (exact) mass is 1150 g/mol. The fraction of sp³-hybridized carbons (Fsp3) is 0.351. The van der Waals surface area contributed by atoms with Crippen molar-refractivity contribution in [3.8, 4) is 22.5 Å². The van der Waals surface area contributed by atoms with Crippen LogP contribution in [0.3, 0.4) is 0 Å². The van der Waals surface area contributed by atoms with E-state index in [1.807, 2.05) is 0 Å². The summed E-state index contributed by atoms with van der Waals surface area (Å²) in [6.07, 6.45) is 27.1. The third kappa shape index (κ3) is 10.9. The molecule has 4 heteroatoms. The summed E-state index contributed by atoms with van der Waals surface area (Å²) in [5.74, 6) is 0. The summed E-state index contributed by atoms with van der Waals surface area (Å²) in [7, 11) is 0. The molecule has 0 saturated heterocycles. The van der Waals surface area contributed by atoms with Gasteiger partial charge in [0, 0.05) is 41.9 Å². The van der Waals surface area contributed by atoms with Gasteiger partial charge in [0.1, 0.15) is 0 Å². The predicted octanol–water partition coefficient (Wildman–Crippen LogP) is 22.8. The van der Waals surface area contributed by atoms with Gasteiger partial charge in [0.05, 0.1) is 27.5 Å². The quantitative estimate of drug-likeness (QED) is 0.0505. The molecule has 0 radical (unpaired) electrons. The highest BCUT2D eigenvalue weighted by atomic mass is 79.9. The number of aromatic nitrogens is 2. The molecule has 0 fully saturated rings. The lowest BCUT2D eigenvalue weighted by Crippen LogP contribution is -2.28. The molecule has 10 aromatic rings. The Labute approximate surface area is 482 Å². The van der Waals surface area contributed by atoms with Gasteiger partial charge in [-0.25, -0.2) is 0 Å². The van der Waals surface area contributed by atoms with E-state index in [0.29, 0.717) is 0 Å². The van der Waals surface area contributed by atoms with E-state index in [1.165, 1.54) is 226 Å². The lowest BCUT2D eigenvalue weighted by atomic mass is 9.67. The van der Waals surface area contributed by atoms with Gasteiger partial charge in [-0.2, -0.15) is 0 Å². The van der Waals surface area contributed by atoms with Gasteiger partial charge in [0.15, 0.2) is 0 Å². The van der Waals surface area contributed by atoms with E-state index in [-0.39, 0.29) is 0 Å². The van der Waals surface area contributed by atoms with Gasteiger partial charge in [0.2, 0.25) is 0 Å². The van der Waals surface area contributed by atoms with Crippen LogP contribution in [-0.2, 0) is 24.7 Å². The van der Waals surface area contributed by atoms with E-state index in [2.05, 4.69) is 226 Å². The molecule has 2 heterocycles. The van der Waals surface area contributed by atoms with E-state index >= 15 is 0 Å². The van der Waals surface area contributed by atoms with Gasteiger partial charge < -0.3 is 9.13 Å². The van der Waals surface area contributed by atoms with Gasteiger partial charge in [-0.3, -0.25) is 0 Å². The average molecular weight is 1160 g/mol. The maximum absolute atomic E-state index is 3.97. The highest BCUT2D eigenvalue weighted by Gasteiger charge is 2.46. The van der Waals surface area contributed by atoms with Crippen molar-refractivity contribution in [3.05, 3.63) is 211 Å². The van der Waals surface area contributed by atoms with Gasteiger partial charge in [0.25, 0.3) is 0 Å². The zero-order valence-corrected chi connectivity index (χ0v) is 50.2. The Hall–Kier alpha value is -5.68. The molecule has 1 aliphatic carbocycles. The number of fused-ring (bicyclic) bond motifs is 9. The van der Waals surface area contributed by atoms with Crippen LogP contribution >= 0.6 is 31.9 Å². The maximum Gasteiger partial charge on any atom is 0.0714 e. The van der Waals surface area contributed by atoms with Crippen LogP contribution in [0.5, 0.6) is 0 Å². The second-order valence-electron chi connectivity index (χ2n) is 23.0. The van der Waals surface area contributed by atoms with Crippen molar-refractivity contribution in [3.63, 3.8) is 0 Å². The van der Waals surface area contributed by atoms with Crippen LogP contribution in [0, 0.1) is 6.92 Å². The van der Waals surface area contributed by atoms with Gasteiger partial charge in [-0.1, -0.05) is 215 Å². The largest absolute Gasteiger partial charge is 0.309 e. The summed E-state index contributed by atoms with van der Waals surface area (Å²) in [6.45, 7) is 9.13. The summed E-state index contributed by atoms with van der Waals surface area (Å²) in [4.78, 5) is 0. The Morgan fingerprint density at radius 2 is 0.667 bits per heavy atom. The summed E-state index contributed by atoms with van der Waals surface area (Å²) in [5.41, 5.74) is 20.2. The van der Waals surface area contributed by atoms with Crippen molar-refractivity contribution >= 4 is 75.5 Å². The molecule has 1 aliphatic rings. The second-order valence-corrected chi connectivity index (χ2v) is 24.9. The third-order valence-corrected chi connectivity index (χ3v) is 18.5. The average Bonchev–Trinajstić information content (AvgIpc) is 4.25. The van der Waals surface area contributed by atoms with Crippen LogP contribution in [0.25, 0.3) is 66.1 Å². The lowest BCUT2D eigenvalue weighted by Gasteiger charge is -2.34. The molecule has 0 bridgehead atoms.